The molecule has 0 aliphatic heterocycles. The van der Waals surface area contributed by atoms with Crippen molar-refractivity contribution in [3.05, 3.63) is 36.7 Å². The maximum absolute atomic E-state index is 12.0. The standard InChI is InChI=1S/C16H19N3O/c20-16(18-14-4-2-1-3-5-14)19-15-7-6-12-8-9-17-11-13(12)10-15/h6-11,14H,1-5H2,(H2,18,19,20). The molecule has 1 saturated carbocycles. The molecule has 2 aromatic rings. The highest BCUT2D eigenvalue weighted by Crippen LogP contribution is 2.19. The van der Waals surface area contributed by atoms with Crippen LogP contribution >= 0.6 is 0 Å². The number of hydrogen-bond donors (Lipinski definition) is 2. The quantitative estimate of drug-likeness (QED) is 0.873. The van der Waals surface area contributed by atoms with Gasteiger partial charge in [-0.15, -0.1) is 0 Å². The van der Waals surface area contributed by atoms with E-state index in [0.29, 0.717) is 6.04 Å². The topological polar surface area (TPSA) is 54.0 Å². The number of urea groups is 1. The molecule has 20 heavy (non-hydrogen) atoms. The summed E-state index contributed by atoms with van der Waals surface area (Å²) in [5, 5.41) is 8.11. The van der Waals surface area contributed by atoms with Crippen LogP contribution in [-0.4, -0.2) is 17.1 Å². The number of carbonyl (C=O) groups excluding carboxylic acids is 1. The van der Waals surface area contributed by atoms with Crippen molar-refractivity contribution >= 4 is 22.5 Å². The molecule has 4 heteroatoms. The summed E-state index contributed by atoms with van der Waals surface area (Å²) in [5.41, 5.74) is 0.804. The largest absolute Gasteiger partial charge is 0.335 e. The van der Waals surface area contributed by atoms with Crippen molar-refractivity contribution in [2.45, 2.75) is 38.1 Å². The van der Waals surface area contributed by atoms with Crippen LogP contribution in [0.5, 0.6) is 0 Å². The van der Waals surface area contributed by atoms with E-state index in [1.807, 2.05) is 24.3 Å². The first-order chi connectivity index (χ1) is 9.81. The summed E-state index contributed by atoms with van der Waals surface area (Å²) < 4.78 is 0. The van der Waals surface area contributed by atoms with Gasteiger partial charge in [-0.2, -0.15) is 0 Å². The van der Waals surface area contributed by atoms with Crippen LogP contribution in [0.4, 0.5) is 10.5 Å². The number of amides is 2. The first-order valence-electron chi connectivity index (χ1n) is 7.22. The molecule has 0 unspecified atom stereocenters. The van der Waals surface area contributed by atoms with Crippen LogP contribution in [0.25, 0.3) is 10.8 Å². The third-order valence-corrected chi connectivity index (χ3v) is 3.84. The van der Waals surface area contributed by atoms with Crippen LogP contribution in [0, 0.1) is 0 Å². The molecule has 1 aromatic heterocycles. The molecule has 1 aliphatic carbocycles. The predicted molar refractivity (Wildman–Crippen MR) is 80.8 cm³/mol. The van der Waals surface area contributed by atoms with Crippen molar-refractivity contribution in [3.63, 3.8) is 0 Å². The Kier molecular flexibility index (Phi) is 3.81. The minimum atomic E-state index is -0.111. The third-order valence-electron chi connectivity index (χ3n) is 3.84. The number of benzene rings is 1. The van der Waals surface area contributed by atoms with E-state index in [1.54, 1.807) is 12.4 Å². The molecular formula is C16H19N3O. The fourth-order valence-corrected chi connectivity index (χ4v) is 2.76. The zero-order valence-corrected chi connectivity index (χ0v) is 11.4. The van der Waals surface area contributed by atoms with Gasteiger partial charge in [0.1, 0.15) is 0 Å². The van der Waals surface area contributed by atoms with Gasteiger partial charge in [0.15, 0.2) is 0 Å². The van der Waals surface area contributed by atoms with E-state index >= 15 is 0 Å². The summed E-state index contributed by atoms with van der Waals surface area (Å²) in [6, 6.07) is 8.03. The maximum atomic E-state index is 12.0. The molecule has 0 radical (unpaired) electrons. The van der Waals surface area contributed by atoms with E-state index in [1.165, 1.54) is 19.3 Å². The molecular weight excluding hydrogens is 250 g/mol. The number of fused-ring (bicyclic) bond motifs is 1. The molecule has 104 valence electrons. The first kappa shape index (κ1) is 12.9. The number of aromatic nitrogens is 1. The zero-order chi connectivity index (χ0) is 13.8. The predicted octanol–water partition coefficient (Wildman–Crippen LogP) is 3.69. The molecule has 0 saturated heterocycles. The summed E-state index contributed by atoms with van der Waals surface area (Å²) in [4.78, 5) is 16.1. The Balaban J connectivity index is 1.64. The highest BCUT2D eigenvalue weighted by Gasteiger charge is 2.15. The highest BCUT2D eigenvalue weighted by atomic mass is 16.2. The Bertz CT molecular complexity index is 605. The molecule has 1 aliphatic rings. The minimum absolute atomic E-state index is 0.111. The second-order valence-corrected chi connectivity index (χ2v) is 5.37. The molecule has 2 N–H and O–H groups in total. The molecule has 2 amide bonds. The molecule has 1 heterocycles. The average Bonchev–Trinajstić information content (AvgIpc) is 2.48. The van der Waals surface area contributed by atoms with Crippen molar-refractivity contribution in [2.75, 3.05) is 5.32 Å². The molecule has 1 aromatic carbocycles. The van der Waals surface area contributed by atoms with Crippen LogP contribution in [0.2, 0.25) is 0 Å². The van der Waals surface area contributed by atoms with Gasteiger partial charge in [-0.3, -0.25) is 4.98 Å². The van der Waals surface area contributed by atoms with Gasteiger partial charge in [0.25, 0.3) is 0 Å². The third kappa shape index (κ3) is 3.07. The van der Waals surface area contributed by atoms with Gasteiger partial charge in [0.2, 0.25) is 0 Å². The normalized spacial score (nSPS) is 16.0. The lowest BCUT2D eigenvalue weighted by atomic mass is 9.96. The number of nitrogens with one attached hydrogen (secondary N) is 2. The smallest absolute Gasteiger partial charge is 0.319 e. The first-order valence-corrected chi connectivity index (χ1v) is 7.22. The van der Waals surface area contributed by atoms with Crippen molar-refractivity contribution in [2.24, 2.45) is 0 Å². The number of carbonyl (C=O) groups is 1. The van der Waals surface area contributed by atoms with Gasteiger partial charge < -0.3 is 10.6 Å². The lowest BCUT2D eigenvalue weighted by Crippen LogP contribution is -2.38. The van der Waals surface area contributed by atoms with Crippen molar-refractivity contribution in [3.8, 4) is 0 Å². The molecule has 1 fully saturated rings. The van der Waals surface area contributed by atoms with Crippen LogP contribution in [0.1, 0.15) is 32.1 Å². The summed E-state index contributed by atoms with van der Waals surface area (Å²) >= 11 is 0. The molecule has 3 rings (SSSR count). The van der Waals surface area contributed by atoms with E-state index in [-0.39, 0.29) is 6.03 Å². The van der Waals surface area contributed by atoms with Crippen LogP contribution < -0.4 is 10.6 Å². The summed E-state index contributed by atoms with van der Waals surface area (Å²) in [6.07, 6.45) is 9.48. The van der Waals surface area contributed by atoms with Gasteiger partial charge in [0, 0.05) is 29.5 Å². The Morgan fingerprint density at radius 2 is 1.95 bits per heavy atom. The molecule has 0 atom stereocenters. The number of pyridine rings is 1. The fraction of sp³-hybridized carbons (Fsp3) is 0.375. The molecule has 0 bridgehead atoms. The fourth-order valence-electron chi connectivity index (χ4n) is 2.76. The van der Waals surface area contributed by atoms with Gasteiger partial charge in [-0.1, -0.05) is 25.3 Å². The van der Waals surface area contributed by atoms with Crippen LogP contribution in [-0.2, 0) is 0 Å². The van der Waals surface area contributed by atoms with Gasteiger partial charge in [-0.25, -0.2) is 4.79 Å². The van der Waals surface area contributed by atoms with Crippen LogP contribution in [0.15, 0.2) is 36.7 Å². The lowest BCUT2D eigenvalue weighted by molar-refractivity contribution is 0.244. The Morgan fingerprint density at radius 3 is 2.80 bits per heavy atom. The van der Waals surface area contributed by atoms with Crippen LogP contribution in [0.3, 0.4) is 0 Å². The number of hydrogen-bond acceptors (Lipinski definition) is 2. The van der Waals surface area contributed by atoms with E-state index in [9.17, 15) is 4.79 Å². The second kappa shape index (κ2) is 5.90. The summed E-state index contributed by atoms with van der Waals surface area (Å²) in [5.74, 6) is 0. The minimum Gasteiger partial charge on any atom is -0.335 e. The van der Waals surface area contributed by atoms with Crippen molar-refractivity contribution < 1.29 is 4.79 Å². The van der Waals surface area contributed by atoms with E-state index in [4.69, 9.17) is 0 Å². The molecule has 0 spiro atoms. The van der Waals surface area contributed by atoms with E-state index in [0.717, 1.165) is 29.3 Å². The Labute approximate surface area is 118 Å². The van der Waals surface area contributed by atoms with Gasteiger partial charge in [-0.05, 0) is 36.4 Å². The number of rotatable bonds is 2. The Morgan fingerprint density at radius 1 is 1.10 bits per heavy atom. The summed E-state index contributed by atoms with van der Waals surface area (Å²) in [6.45, 7) is 0. The zero-order valence-electron chi connectivity index (χ0n) is 11.4. The summed E-state index contributed by atoms with van der Waals surface area (Å²) in [7, 11) is 0. The van der Waals surface area contributed by atoms with E-state index in [2.05, 4.69) is 15.6 Å². The SMILES string of the molecule is O=C(Nc1ccc2ccncc2c1)NC1CCCCC1. The lowest BCUT2D eigenvalue weighted by Gasteiger charge is -2.22. The van der Waals surface area contributed by atoms with E-state index < -0.39 is 0 Å². The number of nitrogens with zero attached hydrogens (tertiary/aromatic N) is 1. The van der Waals surface area contributed by atoms with Gasteiger partial charge >= 0.3 is 6.03 Å². The number of anilines is 1. The molecule has 4 nitrogen and oxygen atoms in total. The maximum Gasteiger partial charge on any atom is 0.319 e. The second-order valence-electron chi connectivity index (χ2n) is 5.37. The monoisotopic (exact) mass is 269 g/mol. The Hall–Kier alpha value is -2.10. The average molecular weight is 269 g/mol. The van der Waals surface area contributed by atoms with Crippen molar-refractivity contribution in [1.29, 1.82) is 0 Å². The van der Waals surface area contributed by atoms with Crippen molar-refractivity contribution in [1.82, 2.24) is 10.3 Å². The highest BCUT2D eigenvalue weighted by molar-refractivity contribution is 5.93. The van der Waals surface area contributed by atoms with Gasteiger partial charge in [0.05, 0.1) is 0 Å².